The molecule has 94 valence electrons. The number of para-hydroxylation sites is 1. The lowest BCUT2D eigenvalue weighted by Gasteiger charge is -2.04. The average Bonchev–Trinajstić information content (AvgIpc) is 2.83. The zero-order chi connectivity index (χ0) is 13.2. The molecule has 0 atom stereocenters. The molecule has 0 aliphatic heterocycles. The van der Waals surface area contributed by atoms with Gasteiger partial charge < -0.3 is 5.41 Å². The Hall–Kier alpha value is -2.69. The van der Waals surface area contributed by atoms with Crippen LogP contribution < -0.4 is 15.5 Å². The predicted molar refractivity (Wildman–Crippen MR) is 69.0 cm³/mol. The summed E-state index contributed by atoms with van der Waals surface area (Å²) in [7, 11) is 0. The van der Waals surface area contributed by atoms with Gasteiger partial charge in [0, 0.05) is 5.69 Å². The van der Waals surface area contributed by atoms with Gasteiger partial charge >= 0.3 is 0 Å². The van der Waals surface area contributed by atoms with Crippen molar-refractivity contribution >= 4 is 0 Å². The Morgan fingerprint density at radius 3 is 2.42 bits per heavy atom. The highest BCUT2D eigenvalue weighted by atomic mass is 15.6. The molecule has 0 spiro atoms. The summed E-state index contributed by atoms with van der Waals surface area (Å²) in [5.74, 6) is 0. The van der Waals surface area contributed by atoms with Crippen molar-refractivity contribution in [3.63, 3.8) is 0 Å². The smallest absolute Gasteiger partial charge is 0.156 e. The van der Waals surface area contributed by atoms with Crippen molar-refractivity contribution in [2.24, 2.45) is 0 Å². The molecule has 1 N–H and O–H groups in total. The monoisotopic (exact) mass is 251 g/mol. The number of aromatic nitrogens is 4. The van der Waals surface area contributed by atoms with E-state index >= 15 is 0 Å². The number of aryl methyl sites for hydroxylation is 1. The molecule has 0 aliphatic carbocycles. The van der Waals surface area contributed by atoms with E-state index in [0.29, 0.717) is 0 Å². The van der Waals surface area contributed by atoms with E-state index in [1.54, 1.807) is 0 Å². The number of hydrogen-bond acceptors (Lipinski definition) is 2. The lowest BCUT2D eigenvalue weighted by molar-refractivity contribution is -0.723. The number of benzene rings is 2. The van der Waals surface area contributed by atoms with Crippen LogP contribution in [0.3, 0.4) is 0 Å². The van der Waals surface area contributed by atoms with Crippen LogP contribution in [0.2, 0.25) is 0 Å². The van der Waals surface area contributed by atoms with Crippen LogP contribution in [0.5, 0.6) is 0 Å². The summed E-state index contributed by atoms with van der Waals surface area (Å²) >= 11 is 0. The molecule has 0 unspecified atom stereocenters. The minimum absolute atomic E-state index is 0.104. The summed E-state index contributed by atoms with van der Waals surface area (Å²) in [6, 6.07) is 17.4. The van der Waals surface area contributed by atoms with Gasteiger partial charge in [-0.2, -0.15) is 0 Å². The second kappa shape index (κ2) is 4.53. The van der Waals surface area contributed by atoms with E-state index in [4.69, 9.17) is 5.41 Å². The third-order valence-electron chi connectivity index (χ3n) is 2.83. The summed E-state index contributed by atoms with van der Waals surface area (Å²) in [4.78, 5) is 1.46. The normalized spacial score (nSPS) is 10.6. The van der Waals surface area contributed by atoms with Crippen molar-refractivity contribution in [2.75, 3.05) is 0 Å². The highest BCUT2D eigenvalue weighted by Gasteiger charge is 2.02. The van der Waals surface area contributed by atoms with E-state index in [-0.39, 0.29) is 5.62 Å². The zero-order valence-electron chi connectivity index (χ0n) is 10.5. The molecule has 0 fully saturated rings. The minimum atomic E-state index is 0.104. The predicted octanol–water partition coefficient (Wildman–Crippen LogP) is 0.894. The summed E-state index contributed by atoms with van der Waals surface area (Å²) in [5.41, 5.74) is 2.94. The van der Waals surface area contributed by atoms with E-state index in [1.165, 1.54) is 15.0 Å². The van der Waals surface area contributed by atoms with Gasteiger partial charge in [-0.05, 0) is 31.2 Å². The molecule has 3 rings (SSSR count). The van der Waals surface area contributed by atoms with Gasteiger partial charge in [0.15, 0.2) is 5.69 Å². The van der Waals surface area contributed by atoms with Crippen molar-refractivity contribution in [1.29, 1.82) is 5.41 Å². The molecule has 2 aromatic carbocycles. The highest BCUT2D eigenvalue weighted by Crippen LogP contribution is 2.04. The van der Waals surface area contributed by atoms with E-state index in [1.807, 2.05) is 61.5 Å². The summed E-state index contributed by atoms with van der Waals surface area (Å²) in [6.45, 7) is 2.02. The second-order valence-corrected chi connectivity index (χ2v) is 4.29. The van der Waals surface area contributed by atoms with E-state index < -0.39 is 0 Å². The second-order valence-electron chi connectivity index (χ2n) is 4.29. The Balaban J connectivity index is 2.08. The van der Waals surface area contributed by atoms with Gasteiger partial charge in [-0.25, -0.2) is 0 Å². The number of rotatable bonds is 2. The third-order valence-corrected chi connectivity index (χ3v) is 2.83. The maximum atomic E-state index is 7.90. The molecule has 5 nitrogen and oxygen atoms in total. The molecule has 1 aromatic heterocycles. The number of nitrogens with one attached hydrogen (secondary N) is 1. The van der Waals surface area contributed by atoms with Crippen LogP contribution >= 0.6 is 0 Å². The number of hydrogen-bond donors (Lipinski definition) is 1. The van der Waals surface area contributed by atoms with Crippen molar-refractivity contribution in [3.05, 3.63) is 65.8 Å². The van der Waals surface area contributed by atoms with Crippen LogP contribution in [0, 0.1) is 12.3 Å². The Kier molecular flexibility index (Phi) is 2.72. The van der Waals surface area contributed by atoms with Crippen molar-refractivity contribution in [2.45, 2.75) is 6.92 Å². The molecular weight excluding hydrogens is 238 g/mol. The van der Waals surface area contributed by atoms with Gasteiger partial charge in [0.2, 0.25) is 0 Å². The standard InChI is InChI=1S/C14H13N5/c1-11-7-9-12(10-8-11)18-14(15)16-19(17-18)13-5-3-2-4-6-13/h2-10,15H,1H3. The van der Waals surface area contributed by atoms with Gasteiger partial charge in [0.05, 0.1) is 0 Å². The Labute approximate surface area is 110 Å². The topological polar surface area (TPSA) is 59.6 Å². The summed E-state index contributed by atoms with van der Waals surface area (Å²) in [5, 5.41) is 16.3. The highest BCUT2D eigenvalue weighted by molar-refractivity contribution is 5.32. The lowest BCUT2D eigenvalue weighted by atomic mass is 10.2. The molecule has 5 heteroatoms. The van der Waals surface area contributed by atoms with Crippen LogP contribution in [0.15, 0.2) is 54.6 Å². The molecule has 19 heavy (non-hydrogen) atoms. The van der Waals surface area contributed by atoms with Gasteiger partial charge in [0.25, 0.3) is 0 Å². The van der Waals surface area contributed by atoms with Crippen molar-refractivity contribution < 1.29 is 4.80 Å². The molecule has 0 radical (unpaired) electrons. The van der Waals surface area contributed by atoms with E-state index in [0.717, 1.165) is 11.4 Å². The lowest BCUT2D eigenvalue weighted by Crippen LogP contribution is -2.39. The molecule has 0 amide bonds. The molecular formula is C14H13N5. The van der Waals surface area contributed by atoms with Gasteiger partial charge in [0.1, 0.15) is 5.62 Å². The first-order chi connectivity index (χ1) is 9.24. The number of tetrazole rings is 1. The van der Waals surface area contributed by atoms with Crippen LogP contribution in [-0.2, 0) is 0 Å². The summed E-state index contributed by atoms with van der Waals surface area (Å²) < 4.78 is 1.51. The largest absolute Gasteiger partial charge is 0.371 e. The number of nitrogens with zero attached hydrogens (tertiary/aromatic N) is 4. The summed E-state index contributed by atoms with van der Waals surface area (Å²) in [6.07, 6.45) is 0. The van der Waals surface area contributed by atoms with E-state index in [9.17, 15) is 0 Å². The van der Waals surface area contributed by atoms with Crippen LogP contribution in [0.1, 0.15) is 5.56 Å². The van der Waals surface area contributed by atoms with Gasteiger partial charge in [-0.1, -0.05) is 35.9 Å². The first kappa shape index (κ1) is 11.4. The molecule has 0 aliphatic rings. The van der Waals surface area contributed by atoms with Crippen LogP contribution in [-0.4, -0.2) is 9.90 Å². The van der Waals surface area contributed by atoms with Crippen LogP contribution in [0.4, 0.5) is 0 Å². The van der Waals surface area contributed by atoms with E-state index in [2.05, 4.69) is 10.3 Å². The molecule has 0 saturated carbocycles. The quantitative estimate of drug-likeness (QED) is 0.688. The molecule has 0 saturated heterocycles. The van der Waals surface area contributed by atoms with Crippen LogP contribution in [0.25, 0.3) is 11.4 Å². The molecule has 0 bridgehead atoms. The van der Waals surface area contributed by atoms with Gasteiger partial charge in [-0.3, -0.25) is 4.68 Å². The third kappa shape index (κ3) is 2.18. The Morgan fingerprint density at radius 1 is 1.05 bits per heavy atom. The van der Waals surface area contributed by atoms with Gasteiger partial charge in [-0.15, -0.1) is 15.1 Å². The first-order valence-electron chi connectivity index (χ1n) is 5.98. The fourth-order valence-electron chi connectivity index (χ4n) is 1.81. The average molecular weight is 251 g/mol. The minimum Gasteiger partial charge on any atom is -0.371 e. The zero-order valence-corrected chi connectivity index (χ0v) is 10.5. The SMILES string of the molecule is Cc1ccc(-n2n[n+](-c3ccccc3)[n-]c2=N)cc1. The first-order valence-corrected chi connectivity index (χ1v) is 5.98. The fraction of sp³-hybridized carbons (Fsp3) is 0.0714. The molecule has 3 aromatic rings. The maximum Gasteiger partial charge on any atom is 0.156 e. The van der Waals surface area contributed by atoms with Crippen molar-refractivity contribution in [1.82, 2.24) is 15.0 Å². The van der Waals surface area contributed by atoms with Crippen molar-refractivity contribution in [3.8, 4) is 11.4 Å². The molecule has 1 heterocycles. The Bertz CT molecular complexity index is 738. The fourth-order valence-corrected chi connectivity index (χ4v) is 1.81. The maximum absolute atomic E-state index is 7.90. The Morgan fingerprint density at radius 2 is 1.74 bits per heavy atom.